The molecule has 0 aliphatic heterocycles. The first-order chi connectivity index (χ1) is 7.79. The largest absolute Gasteiger partial charge is 0.316 e. The average molecular weight is 235 g/mol. The van der Waals surface area contributed by atoms with Gasteiger partial charge in [0.05, 0.1) is 0 Å². The van der Waals surface area contributed by atoms with E-state index in [9.17, 15) is 0 Å². The smallest absolute Gasteiger partial charge is 0.213 e. The Hall–Kier alpha value is -1.40. The minimum Gasteiger partial charge on any atom is -0.316 e. The molecular weight excluding hydrogens is 222 g/mol. The summed E-state index contributed by atoms with van der Waals surface area (Å²) in [7, 11) is 3.77. The molecule has 5 nitrogen and oxygen atoms in total. The molecule has 0 aliphatic carbocycles. The van der Waals surface area contributed by atoms with Crippen LogP contribution in [0.15, 0.2) is 34.3 Å². The molecule has 0 amide bonds. The van der Waals surface area contributed by atoms with Gasteiger partial charge in [0.1, 0.15) is 0 Å². The number of aryl methyl sites for hydroxylation is 1. The maximum absolute atomic E-state index is 3.92. The van der Waals surface area contributed by atoms with Crippen LogP contribution in [0.3, 0.4) is 0 Å². The number of nitrogens with zero attached hydrogens (tertiary/aromatic N) is 4. The molecule has 0 fully saturated rings. The summed E-state index contributed by atoms with van der Waals surface area (Å²) in [4.78, 5) is 1.14. The van der Waals surface area contributed by atoms with Crippen molar-refractivity contribution < 1.29 is 0 Å². The lowest BCUT2D eigenvalue weighted by molar-refractivity contribution is 0.664. The topological polar surface area (TPSA) is 55.6 Å². The molecule has 1 N–H and O–H groups in total. The van der Waals surface area contributed by atoms with Crippen molar-refractivity contribution in [2.75, 3.05) is 7.05 Å². The molecule has 84 valence electrons. The third kappa shape index (κ3) is 2.59. The molecular formula is C10H13N5S. The second-order valence-electron chi connectivity index (χ2n) is 3.36. The molecule has 1 heterocycles. The highest BCUT2D eigenvalue weighted by molar-refractivity contribution is 7.99. The van der Waals surface area contributed by atoms with Crippen molar-refractivity contribution >= 4 is 11.8 Å². The Labute approximate surface area is 98.2 Å². The fourth-order valence-corrected chi connectivity index (χ4v) is 2.02. The van der Waals surface area contributed by atoms with Gasteiger partial charge in [0.25, 0.3) is 0 Å². The number of nitrogens with one attached hydrogen (secondary N) is 1. The predicted octanol–water partition coefficient (Wildman–Crippen LogP) is 1.08. The van der Waals surface area contributed by atoms with Crippen molar-refractivity contribution in [1.29, 1.82) is 0 Å². The van der Waals surface area contributed by atoms with Crippen molar-refractivity contribution in [2.24, 2.45) is 7.05 Å². The lowest BCUT2D eigenvalue weighted by Gasteiger charge is -2.02. The van der Waals surface area contributed by atoms with E-state index in [0.717, 1.165) is 16.6 Å². The maximum Gasteiger partial charge on any atom is 0.213 e. The highest BCUT2D eigenvalue weighted by Crippen LogP contribution is 2.24. The third-order valence-corrected chi connectivity index (χ3v) is 3.13. The molecule has 16 heavy (non-hydrogen) atoms. The van der Waals surface area contributed by atoms with Crippen molar-refractivity contribution in [3.05, 3.63) is 29.8 Å². The Morgan fingerprint density at radius 1 is 1.31 bits per heavy atom. The van der Waals surface area contributed by atoms with Crippen molar-refractivity contribution in [3.8, 4) is 0 Å². The van der Waals surface area contributed by atoms with Gasteiger partial charge in [-0.2, -0.15) is 0 Å². The van der Waals surface area contributed by atoms with Gasteiger partial charge >= 0.3 is 0 Å². The zero-order chi connectivity index (χ0) is 11.4. The van der Waals surface area contributed by atoms with Crippen LogP contribution in [0.1, 0.15) is 5.56 Å². The van der Waals surface area contributed by atoms with Gasteiger partial charge in [-0.15, -0.1) is 5.10 Å². The van der Waals surface area contributed by atoms with Crippen LogP contribution in [0.5, 0.6) is 0 Å². The zero-order valence-electron chi connectivity index (χ0n) is 9.21. The molecule has 0 bridgehead atoms. The summed E-state index contributed by atoms with van der Waals surface area (Å²) in [5.74, 6) is 0. The van der Waals surface area contributed by atoms with Crippen molar-refractivity contribution in [1.82, 2.24) is 25.5 Å². The first-order valence-corrected chi connectivity index (χ1v) is 5.75. The minimum atomic E-state index is 0.793. The van der Waals surface area contributed by atoms with Crippen LogP contribution in [-0.4, -0.2) is 27.3 Å². The van der Waals surface area contributed by atoms with Crippen LogP contribution in [0.2, 0.25) is 0 Å². The van der Waals surface area contributed by atoms with Crippen LogP contribution in [0, 0.1) is 0 Å². The average Bonchev–Trinajstić information content (AvgIpc) is 2.68. The molecule has 1 aromatic carbocycles. The Bertz CT molecular complexity index is 450. The molecule has 2 rings (SSSR count). The van der Waals surface area contributed by atoms with Crippen LogP contribution in [0.25, 0.3) is 0 Å². The second kappa shape index (κ2) is 5.09. The molecule has 2 aromatic rings. The molecule has 0 aliphatic rings. The van der Waals surface area contributed by atoms with Gasteiger partial charge in [-0.1, -0.05) is 12.1 Å². The quantitative estimate of drug-likeness (QED) is 0.859. The first kappa shape index (κ1) is 11.1. The monoisotopic (exact) mass is 235 g/mol. The third-order valence-electron chi connectivity index (χ3n) is 2.09. The zero-order valence-corrected chi connectivity index (χ0v) is 10.0. The summed E-state index contributed by atoms with van der Waals surface area (Å²) >= 11 is 1.55. The molecule has 0 radical (unpaired) electrons. The van der Waals surface area contributed by atoms with E-state index in [1.165, 1.54) is 5.56 Å². The summed E-state index contributed by atoms with van der Waals surface area (Å²) in [5.41, 5.74) is 1.27. The van der Waals surface area contributed by atoms with Gasteiger partial charge < -0.3 is 5.32 Å². The highest BCUT2D eigenvalue weighted by Gasteiger charge is 2.04. The fraction of sp³-hybridized carbons (Fsp3) is 0.300. The maximum atomic E-state index is 3.92. The van der Waals surface area contributed by atoms with Crippen molar-refractivity contribution in [3.63, 3.8) is 0 Å². The summed E-state index contributed by atoms with van der Waals surface area (Å²) in [6, 6.07) is 8.35. The van der Waals surface area contributed by atoms with Crippen LogP contribution < -0.4 is 5.32 Å². The van der Waals surface area contributed by atoms with Crippen molar-refractivity contribution in [2.45, 2.75) is 16.6 Å². The van der Waals surface area contributed by atoms with Gasteiger partial charge in [0.15, 0.2) is 0 Å². The number of benzene rings is 1. The van der Waals surface area contributed by atoms with E-state index in [0.29, 0.717) is 0 Å². The molecule has 0 atom stereocenters. The van der Waals surface area contributed by atoms with E-state index in [2.05, 4.69) is 45.1 Å². The number of rotatable bonds is 4. The van der Waals surface area contributed by atoms with Gasteiger partial charge in [-0.3, -0.25) is 0 Å². The Kier molecular flexibility index (Phi) is 3.53. The van der Waals surface area contributed by atoms with E-state index in [1.54, 1.807) is 16.4 Å². The number of tetrazole rings is 1. The van der Waals surface area contributed by atoms with Gasteiger partial charge in [0, 0.05) is 18.5 Å². The van der Waals surface area contributed by atoms with Gasteiger partial charge in [-0.25, -0.2) is 4.68 Å². The standard InChI is InChI=1S/C10H13N5S/c1-11-7-8-3-5-9(6-4-8)16-10-12-13-14-15(10)2/h3-6,11H,7H2,1-2H3. The summed E-state index contributed by atoms with van der Waals surface area (Å²) in [6.07, 6.45) is 0. The van der Waals surface area contributed by atoms with E-state index in [4.69, 9.17) is 0 Å². The molecule has 1 aromatic heterocycles. The van der Waals surface area contributed by atoms with E-state index >= 15 is 0 Å². The van der Waals surface area contributed by atoms with E-state index in [-0.39, 0.29) is 0 Å². The Balaban J connectivity index is 2.08. The van der Waals surface area contributed by atoms with E-state index in [1.807, 2.05) is 14.1 Å². The molecule has 0 spiro atoms. The van der Waals surface area contributed by atoms with Gasteiger partial charge in [-0.05, 0) is 46.9 Å². The number of aromatic nitrogens is 4. The summed E-state index contributed by atoms with van der Waals surface area (Å²) in [6.45, 7) is 0.885. The van der Waals surface area contributed by atoms with Crippen LogP contribution in [-0.2, 0) is 13.6 Å². The lowest BCUT2D eigenvalue weighted by atomic mass is 10.2. The van der Waals surface area contributed by atoms with Crippen LogP contribution >= 0.6 is 11.8 Å². The van der Waals surface area contributed by atoms with Gasteiger partial charge in [0.2, 0.25) is 5.16 Å². The fourth-order valence-electron chi connectivity index (χ4n) is 1.29. The minimum absolute atomic E-state index is 0.793. The Morgan fingerprint density at radius 2 is 2.06 bits per heavy atom. The molecule has 6 heteroatoms. The van der Waals surface area contributed by atoms with Crippen LogP contribution in [0.4, 0.5) is 0 Å². The van der Waals surface area contributed by atoms with E-state index < -0.39 is 0 Å². The molecule has 0 unspecified atom stereocenters. The predicted molar refractivity (Wildman–Crippen MR) is 62.1 cm³/mol. The summed E-state index contributed by atoms with van der Waals surface area (Å²) in [5, 5.41) is 15.2. The normalized spacial score (nSPS) is 10.6. The first-order valence-electron chi connectivity index (χ1n) is 4.93. The second-order valence-corrected chi connectivity index (χ2v) is 4.40. The molecule has 0 saturated heterocycles. The Morgan fingerprint density at radius 3 is 2.62 bits per heavy atom. The highest BCUT2D eigenvalue weighted by atomic mass is 32.2. The summed E-state index contributed by atoms with van der Waals surface area (Å²) < 4.78 is 1.66. The number of hydrogen-bond acceptors (Lipinski definition) is 5. The lowest BCUT2D eigenvalue weighted by Crippen LogP contribution is -2.04. The number of hydrogen-bond donors (Lipinski definition) is 1. The molecule has 0 saturated carbocycles. The SMILES string of the molecule is CNCc1ccc(Sc2nnnn2C)cc1.